The predicted octanol–water partition coefficient (Wildman–Crippen LogP) is 1.23. The smallest absolute Gasteiger partial charge is 0.404 e. The fourth-order valence-electron chi connectivity index (χ4n) is 1.88. The summed E-state index contributed by atoms with van der Waals surface area (Å²) in [5.41, 5.74) is 0.974. The van der Waals surface area contributed by atoms with Gasteiger partial charge in [0.25, 0.3) is 0 Å². The molecular formula is C10H13N3O3S. The van der Waals surface area contributed by atoms with Gasteiger partial charge in [-0.05, 0) is 12.8 Å². The van der Waals surface area contributed by atoms with Crippen LogP contribution in [0.15, 0.2) is 0 Å². The summed E-state index contributed by atoms with van der Waals surface area (Å²) in [6.07, 6.45) is 1.16. The van der Waals surface area contributed by atoms with Crippen molar-refractivity contribution < 1.29 is 14.7 Å². The van der Waals surface area contributed by atoms with Gasteiger partial charge in [-0.25, -0.2) is 9.78 Å². The van der Waals surface area contributed by atoms with Crippen molar-refractivity contribution in [1.29, 1.82) is 0 Å². The zero-order valence-corrected chi connectivity index (χ0v) is 10.1. The molecule has 0 bridgehead atoms. The Morgan fingerprint density at radius 2 is 2.29 bits per heavy atom. The van der Waals surface area contributed by atoms with E-state index in [9.17, 15) is 9.59 Å². The van der Waals surface area contributed by atoms with Gasteiger partial charge in [0.1, 0.15) is 0 Å². The van der Waals surface area contributed by atoms with Gasteiger partial charge in [-0.3, -0.25) is 4.79 Å². The van der Waals surface area contributed by atoms with E-state index in [1.54, 1.807) is 0 Å². The summed E-state index contributed by atoms with van der Waals surface area (Å²) in [5.74, 6) is -0.142. The summed E-state index contributed by atoms with van der Waals surface area (Å²) in [7, 11) is 0. The molecule has 2 amide bonds. The van der Waals surface area contributed by atoms with Gasteiger partial charge in [0.05, 0.1) is 5.69 Å². The third-order valence-electron chi connectivity index (χ3n) is 2.55. The van der Waals surface area contributed by atoms with Crippen molar-refractivity contribution in [2.45, 2.75) is 32.2 Å². The lowest BCUT2D eigenvalue weighted by atomic mass is 9.98. The molecule has 0 saturated heterocycles. The van der Waals surface area contributed by atoms with Crippen molar-refractivity contribution >= 4 is 28.5 Å². The first-order valence-electron chi connectivity index (χ1n) is 5.30. The van der Waals surface area contributed by atoms with Crippen LogP contribution in [0.3, 0.4) is 0 Å². The molecule has 6 nitrogen and oxygen atoms in total. The summed E-state index contributed by atoms with van der Waals surface area (Å²) in [5, 5.41) is 14.4. The molecular weight excluding hydrogens is 242 g/mol. The van der Waals surface area contributed by atoms with E-state index in [-0.39, 0.29) is 11.9 Å². The minimum atomic E-state index is -0.995. The lowest BCUT2D eigenvalue weighted by Gasteiger charge is -2.20. The molecule has 17 heavy (non-hydrogen) atoms. The maximum absolute atomic E-state index is 10.9. The van der Waals surface area contributed by atoms with Crippen LogP contribution in [0.4, 0.5) is 9.93 Å². The monoisotopic (exact) mass is 255 g/mol. The molecule has 0 radical (unpaired) electrons. The van der Waals surface area contributed by atoms with Crippen LogP contribution < -0.4 is 10.6 Å². The van der Waals surface area contributed by atoms with Crippen LogP contribution in [-0.4, -0.2) is 28.1 Å². The van der Waals surface area contributed by atoms with E-state index in [1.165, 1.54) is 18.3 Å². The molecule has 2 rings (SSSR count). The van der Waals surface area contributed by atoms with E-state index in [0.717, 1.165) is 23.4 Å². The molecule has 1 aromatic heterocycles. The molecule has 0 unspecified atom stereocenters. The first kappa shape index (κ1) is 11.8. The topological polar surface area (TPSA) is 91.3 Å². The molecule has 1 aromatic rings. The zero-order chi connectivity index (χ0) is 12.4. The largest absolute Gasteiger partial charge is 0.465 e. The summed E-state index contributed by atoms with van der Waals surface area (Å²) in [6.45, 7) is 1.44. The number of carbonyl (C=O) groups excluding carboxylic acids is 1. The van der Waals surface area contributed by atoms with Gasteiger partial charge < -0.3 is 15.7 Å². The standard InChI is InChI=1S/C10H13N3O3S/c1-5(14)11-9-13-7-3-2-6(12-10(15)16)4-8(7)17-9/h6,12H,2-4H2,1H3,(H,15,16)(H,11,13,14)/t6-/m1/s1. The van der Waals surface area contributed by atoms with E-state index in [2.05, 4.69) is 15.6 Å². The first-order chi connectivity index (χ1) is 8.04. The molecule has 0 aliphatic heterocycles. The highest BCUT2D eigenvalue weighted by atomic mass is 32.1. The number of amides is 2. The van der Waals surface area contributed by atoms with Gasteiger partial charge in [0.2, 0.25) is 5.91 Å². The first-order valence-corrected chi connectivity index (χ1v) is 6.12. The molecule has 0 spiro atoms. The molecule has 7 heteroatoms. The number of rotatable bonds is 2. The van der Waals surface area contributed by atoms with Crippen molar-refractivity contribution in [2.24, 2.45) is 0 Å². The van der Waals surface area contributed by atoms with Crippen LogP contribution in [-0.2, 0) is 17.6 Å². The highest BCUT2D eigenvalue weighted by Crippen LogP contribution is 2.29. The number of carboxylic acid groups (broad SMARTS) is 1. The minimum absolute atomic E-state index is 0.0503. The fraction of sp³-hybridized carbons (Fsp3) is 0.500. The summed E-state index contributed by atoms with van der Waals surface area (Å²) >= 11 is 1.42. The Labute approximate surface area is 102 Å². The van der Waals surface area contributed by atoms with Crippen LogP contribution in [0, 0.1) is 0 Å². The maximum atomic E-state index is 10.9. The van der Waals surface area contributed by atoms with E-state index < -0.39 is 6.09 Å². The number of fused-ring (bicyclic) bond motifs is 1. The fourth-order valence-corrected chi connectivity index (χ4v) is 3.01. The number of nitrogens with one attached hydrogen (secondary N) is 2. The molecule has 0 fully saturated rings. The van der Waals surface area contributed by atoms with Crippen molar-refractivity contribution in [3.05, 3.63) is 10.6 Å². The normalized spacial score (nSPS) is 18.3. The van der Waals surface area contributed by atoms with Gasteiger partial charge >= 0.3 is 6.09 Å². The highest BCUT2D eigenvalue weighted by Gasteiger charge is 2.23. The lowest BCUT2D eigenvalue weighted by Crippen LogP contribution is -2.37. The van der Waals surface area contributed by atoms with Gasteiger partial charge in [-0.1, -0.05) is 0 Å². The second kappa shape index (κ2) is 4.70. The lowest BCUT2D eigenvalue weighted by molar-refractivity contribution is -0.114. The van der Waals surface area contributed by atoms with Gasteiger partial charge in [0, 0.05) is 24.3 Å². The Morgan fingerprint density at radius 1 is 1.53 bits per heavy atom. The van der Waals surface area contributed by atoms with Crippen molar-refractivity contribution in [3.8, 4) is 0 Å². The van der Waals surface area contributed by atoms with Crippen molar-refractivity contribution in [3.63, 3.8) is 0 Å². The summed E-state index contributed by atoms with van der Waals surface area (Å²) in [6, 6.07) is -0.0503. The van der Waals surface area contributed by atoms with Gasteiger partial charge in [-0.15, -0.1) is 11.3 Å². The van der Waals surface area contributed by atoms with E-state index in [4.69, 9.17) is 5.11 Å². The average molecular weight is 255 g/mol. The molecule has 1 aliphatic rings. The number of nitrogens with zero attached hydrogens (tertiary/aromatic N) is 1. The summed E-state index contributed by atoms with van der Waals surface area (Å²) in [4.78, 5) is 26.8. The highest BCUT2D eigenvalue weighted by molar-refractivity contribution is 7.15. The number of aromatic nitrogens is 1. The SMILES string of the molecule is CC(=O)Nc1nc2c(s1)C[C@H](NC(=O)O)CC2. The molecule has 3 N–H and O–H groups in total. The number of anilines is 1. The van der Waals surface area contributed by atoms with Gasteiger partial charge in [-0.2, -0.15) is 0 Å². The molecule has 0 aromatic carbocycles. The summed E-state index contributed by atoms with van der Waals surface area (Å²) < 4.78 is 0. The van der Waals surface area contributed by atoms with Crippen LogP contribution in [0.2, 0.25) is 0 Å². The average Bonchev–Trinajstić information content (AvgIpc) is 2.56. The number of carbonyl (C=O) groups is 2. The van der Waals surface area contributed by atoms with Crippen LogP contribution in [0.1, 0.15) is 23.9 Å². The van der Waals surface area contributed by atoms with E-state index >= 15 is 0 Å². The van der Waals surface area contributed by atoms with E-state index in [1.807, 2.05) is 0 Å². The Hall–Kier alpha value is -1.63. The molecule has 1 atom stereocenters. The quantitative estimate of drug-likeness (QED) is 0.741. The Morgan fingerprint density at radius 3 is 2.94 bits per heavy atom. The Kier molecular flexibility index (Phi) is 3.28. The zero-order valence-electron chi connectivity index (χ0n) is 9.32. The third-order valence-corrected chi connectivity index (χ3v) is 3.59. The minimum Gasteiger partial charge on any atom is -0.465 e. The molecule has 1 aliphatic carbocycles. The number of aryl methyl sites for hydroxylation is 1. The van der Waals surface area contributed by atoms with Crippen molar-refractivity contribution in [1.82, 2.24) is 10.3 Å². The van der Waals surface area contributed by atoms with Crippen molar-refractivity contribution in [2.75, 3.05) is 5.32 Å². The maximum Gasteiger partial charge on any atom is 0.404 e. The second-order valence-electron chi connectivity index (χ2n) is 3.96. The number of thiazole rings is 1. The van der Waals surface area contributed by atoms with Crippen LogP contribution in [0.5, 0.6) is 0 Å². The molecule has 1 heterocycles. The third kappa shape index (κ3) is 2.94. The number of hydrogen-bond donors (Lipinski definition) is 3. The second-order valence-corrected chi connectivity index (χ2v) is 5.04. The predicted molar refractivity (Wildman–Crippen MR) is 63.4 cm³/mol. The van der Waals surface area contributed by atoms with Crippen LogP contribution >= 0.6 is 11.3 Å². The van der Waals surface area contributed by atoms with Gasteiger partial charge in [0.15, 0.2) is 5.13 Å². The van der Waals surface area contributed by atoms with E-state index in [0.29, 0.717) is 11.6 Å². The van der Waals surface area contributed by atoms with Crippen LogP contribution in [0.25, 0.3) is 0 Å². The molecule has 92 valence electrons. The number of hydrogen-bond acceptors (Lipinski definition) is 4. The Balaban J connectivity index is 2.07. The Bertz CT molecular complexity index is 458. The molecule has 0 saturated carbocycles.